The van der Waals surface area contributed by atoms with Crippen molar-refractivity contribution in [3.63, 3.8) is 0 Å². The SMILES string of the molecule is CN(C)c1ncccc1CNC(=O)[C@H]1Cc2ccccc2C(=O)O1. The Morgan fingerprint density at radius 2 is 2.08 bits per heavy atom. The third-order valence-corrected chi connectivity index (χ3v) is 3.93. The fourth-order valence-corrected chi connectivity index (χ4v) is 2.74. The third-order valence-electron chi connectivity index (χ3n) is 3.93. The predicted octanol–water partition coefficient (Wildman–Crippen LogP) is 1.55. The number of pyridine rings is 1. The van der Waals surface area contributed by atoms with E-state index in [0.29, 0.717) is 18.5 Å². The summed E-state index contributed by atoms with van der Waals surface area (Å²) in [6, 6.07) is 10.9. The van der Waals surface area contributed by atoms with Gasteiger partial charge < -0.3 is 15.0 Å². The van der Waals surface area contributed by atoms with Gasteiger partial charge in [-0.25, -0.2) is 9.78 Å². The highest BCUT2D eigenvalue weighted by Crippen LogP contribution is 2.21. The molecular weight excluding hydrogens is 306 g/mol. The molecule has 1 aliphatic rings. The number of aromatic nitrogens is 1. The van der Waals surface area contributed by atoms with Crippen LogP contribution in [0.2, 0.25) is 0 Å². The zero-order valence-corrected chi connectivity index (χ0v) is 13.7. The number of hydrogen-bond donors (Lipinski definition) is 1. The summed E-state index contributed by atoms with van der Waals surface area (Å²) in [5, 5.41) is 2.83. The van der Waals surface area contributed by atoms with Gasteiger partial charge in [0.25, 0.3) is 5.91 Å². The van der Waals surface area contributed by atoms with Gasteiger partial charge in [0.05, 0.1) is 5.56 Å². The number of rotatable bonds is 4. The molecular formula is C18H19N3O3. The Kier molecular flexibility index (Phi) is 4.46. The highest BCUT2D eigenvalue weighted by atomic mass is 16.5. The number of esters is 1. The fraction of sp³-hybridized carbons (Fsp3) is 0.278. The van der Waals surface area contributed by atoms with Crippen molar-refractivity contribution in [3.8, 4) is 0 Å². The van der Waals surface area contributed by atoms with Crippen LogP contribution in [0.15, 0.2) is 42.6 Å². The minimum Gasteiger partial charge on any atom is -0.448 e. The molecule has 0 fully saturated rings. The van der Waals surface area contributed by atoms with Gasteiger partial charge in [-0.1, -0.05) is 24.3 Å². The van der Waals surface area contributed by atoms with E-state index in [4.69, 9.17) is 4.74 Å². The third kappa shape index (κ3) is 3.22. The molecule has 1 amide bonds. The van der Waals surface area contributed by atoms with Crippen molar-refractivity contribution in [2.24, 2.45) is 0 Å². The van der Waals surface area contributed by atoms with Crippen LogP contribution in [-0.4, -0.2) is 37.1 Å². The van der Waals surface area contributed by atoms with Crippen LogP contribution in [0.5, 0.6) is 0 Å². The predicted molar refractivity (Wildman–Crippen MR) is 89.8 cm³/mol. The second-order valence-corrected chi connectivity index (χ2v) is 5.85. The molecule has 1 aromatic heterocycles. The van der Waals surface area contributed by atoms with Crippen LogP contribution in [0.3, 0.4) is 0 Å². The summed E-state index contributed by atoms with van der Waals surface area (Å²) in [6.07, 6.45) is 1.30. The smallest absolute Gasteiger partial charge is 0.339 e. The second kappa shape index (κ2) is 6.70. The lowest BCUT2D eigenvalue weighted by Gasteiger charge is -2.24. The van der Waals surface area contributed by atoms with Crippen molar-refractivity contribution in [3.05, 3.63) is 59.3 Å². The zero-order chi connectivity index (χ0) is 17.1. The van der Waals surface area contributed by atoms with Crippen molar-refractivity contribution in [1.82, 2.24) is 10.3 Å². The van der Waals surface area contributed by atoms with Crippen LogP contribution in [0.1, 0.15) is 21.5 Å². The number of ether oxygens (including phenoxy) is 1. The first kappa shape index (κ1) is 16.0. The summed E-state index contributed by atoms with van der Waals surface area (Å²) in [6.45, 7) is 0.329. The highest BCUT2D eigenvalue weighted by molar-refractivity contribution is 5.95. The van der Waals surface area contributed by atoms with Crippen molar-refractivity contribution < 1.29 is 14.3 Å². The minimum atomic E-state index is -0.799. The minimum absolute atomic E-state index is 0.300. The average Bonchev–Trinajstić information content (AvgIpc) is 2.59. The van der Waals surface area contributed by atoms with Crippen molar-refractivity contribution in [2.45, 2.75) is 19.1 Å². The summed E-state index contributed by atoms with van der Waals surface area (Å²) < 4.78 is 5.26. The van der Waals surface area contributed by atoms with Gasteiger partial charge in [-0.2, -0.15) is 0 Å². The molecule has 1 aliphatic heterocycles. The molecule has 0 aliphatic carbocycles. The van der Waals surface area contributed by atoms with Crippen LogP contribution in [-0.2, 0) is 22.5 Å². The lowest BCUT2D eigenvalue weighted by Crippen LogP contribution is -2.41. The molecule has 1 N–H and O–H groups in total. The van der Waals surface area contributed by atoms with Crippen LogP contribution in [0.4, 0.5) is 5.82 Å². The van der Waals surface area contributed by atoms with E-state index < -0.39 is 12.1 Å². The van der Waals surface area contributed by atoms with Crippen molar-refractivity contribution >= 4 is 17.7 Å². The van der Waals surface area contributed by atoms with Crippen molar-refractivity contribution in [1.29, 1.82) is 0 Å². The van der Waals surface area contributed by atoms with Gasteiger partial charge in [-0.3, -0.25) is 4.79 Å². The maximum Gasteiger partial charge on any atom is 0.339 e. The molecule has 3 rings (SSSR count). The Hall–Kier alpha value is -2.89. The van der Waals surface area contributed by atoms with E-state index in [1.807, 2.05) is 43.3 Å². The number of cyclic esters (lactones) is 1. The number of carbonyl (C=O) groups excluding carboxylic acids is 2. The Morgan fingerprint density at radius 1 is 1.29 bits per heavy atom. The Labute approximate surface area is 140 Å². The van der Waals surface area contributed by atoms with Gasteiger partial charge in [0.2, 0.25) is 0 Å². The molecule has 0 saturated heterocycles. The maximum atomic E-state index is 12.4. The van der Waals surface area contributed by atoms with Gasteiger partial charge in [0.15, 0.2) is 6.10 Å². The van der Waals surface area contributed by atoms with Gasteiger partial charge in [-0.15, -0.1) is 0 Å². The van der Waals surface area contributed by atoms with Crippen LogP contribution >= 0.6 is 0 Å². The lowest BCUT2D eigenvalue weighted by molar-refractivity contribution is -0.130. The van der Waals surface area contributed by atoms with Gasteiger partial charge in [0.1, 0.15) is 5.82 Å². The topological polar surface area (TPSA) is 71.5 Å². The number of hydrogen-bond acceptors (Lipinski definition) is 5. The normalized spacial score (nSPS) is 16.1. The maximum absolute atomic E-state index is 12.4. The summed E-state index contributed by atoms with van der Waals surface area (Å²) in [4.78, 5) is 30.6. The molecule has 0 spiro atoms. The first-order valence-corrected chi connectivity index (χ1v) is 7.74. The van der Waals surface area contributed by atoms with Crippen LogP contribution in [0, 0.1) is 0 Å². The Balaban J connectivity index is 1.68. The van der Waals surface area contributed by atoms with E-state index in [1.165, 1.54) is 0 Å². The molecule has 6 heteroatoms. The second-order valence-electron chi connectivity index (χ2n) is 5.85. The van der Waals surface area contributed by atoms with Gasteiger partial charge in [0, 0.05) is 38.8 Å². The molecule has 0 bridgehead atoms. The largest absolute Gasteiger partial charge is 0.448 e. The molecule has 1 aromatic carbocycles. The van der Waals surface area contributed by atoms with E-state index in [9.17, 15) is 9.59 Å². The highest BCUT2D eigenvalue weighted by Gasteiger charge is 2.30. The van der Waals surface area contributed by atoms with Crippen LogP contribution < -0.4 is 10.2 Å². The monoisotopic (exact) mass is 325 g/mol. The van der Waals surface area contributed by atoms with E-state index in [1.54, 1.807) is 18.3 Å². The van der Waals surface area contributed by atoms with E-state index in [2.05, 4.69) is 10.3 Å². The van der Waals surface area contributed by atoms with E-state index in [-0.39, 0.29) is 5.91 Å². The average molecular weight is 325 g/mol. The molecule has 6 nitrogen and oxygen atoms in total. The molecule has 0 unspecified atom stereocenters. The molecule has 0 radical (unpaired) electrons. The first-order valence-electron chi connectivity index (χ1n) is 7.74. The number of nitrogens with zero attached hydrogens (tertiary/aromatic N) is 2. The summed E-state index contributed by atoms with van der Waals surface area (Å²) in [5.41, 5.74) is 2.27. The fourth-order valence-electron chi connectivity index (χ4n) is 2.74. The van der Waals surface area contributed by atoms with Gasteiger partial charge >= 0.3 is 5.97 Å². The molecule has 24 heavy (non-hydrogen) atoms. The first-order chi connectivity index (χ1) is 11.6. The van der Waals surface area contributed by atoms with E-state index >= 15 is 0 Å². The Bertz CT molecular complexity index is 774. The summed E-state index contributed by atoms with van der Waals surface area (Å²) in [5.74, 6) is 0.0440. The number of amides is 1. The zero-order valence-electron chi connectivity index (χ0n) is 13.7. The number of nitrogens with one attached hydrogen (secondary N) is 1. The van der Waals surface area contributed by atoms with Gasteiger partial charge in [-0.05, 0) is 17.7 Å². The van der Waals surface area contributed by atoms with E-state index in [0.717, 1.165) is 16.9 Å². The summed E-state index contributed by atoms with van der Waals surface area (Å²) in [7, 11) is 3.79. The number of benzene rings is 1. The molecule has 124 valence electrons. The standard InChI is InChI=1S/C18H19N3O3/c1-21(2)16-13(7-5-9-19-16)11-20-17(22)15-10-12-6-3-4-8-14(12)18(23)24-15/h3-9,15H,10-11H2,1-2H3,(H,20,22)/t15-/m1/s1. The molecule has 2 heterocycles. The number of anilines is 1. The number of fused-ring (bicyclic) bond motifs is 1. The molecule has 0 saturated carbocycles. The molecule has 1 atom stereocenters. The summed E-state index contributed by atoms with van der Waals surface area (Å²) >= 11 is 0. The van der Waals surface area contributed by atoms with Crippen LogP contribution in [0.25, 0.3) is 0 Å². The lowest BCUT2D eigenvalue weighted by atomic mass is 9.98. The molecule has 2 aromatic rings. The quantitative estimate of drug-likeness (QED) is 0.864. The Morgan fingerprint density at radius 3 is 2.88 bits per heavy atom. The number of carbonyl (C=O) groups is 2. The van der Waals surface area contributed by atoms with Crippen molar-refractivity contribution in [2.75, 3.05) is 19.0 Å².